The molecule has 0 fully saturated rings. The molecule has 0 saturated heterocycles. The summed E-state index contributed by atoms with van der Waals surface area (Å²) in [6.45, 7) is 3.34. The Bertz CT molecular complexity index is 360. The van der Waals surface area contributed by atoms with Gasteiger partial charge in [0, 0.05) is 5.57 Å². The quantitative estimate of drug-likeness (QED) is 0.524. The van der Waals surface area contributed by atoms with E-state index in [-0.39, 0.29) is 35.3 Å². The predicted molar refractivity (Wildman–Crippen MR) is 46.0 cm³/mol. The fourth-order valence-electron chi connectivity index (χ4n) is 1.07. The minimum absolute atomic E-state index is 0. The van der Waals surface area contributed by atoms with Gasteiger partial charge in [0.25, 0.3) is 10.3 Å². The van der Waals surface area contributed by atoms with Gasteiger partial charge in [0.15, 0.2) is 0 Å². The van der Waals surface area contributed by atoms with Crippen LogP contribution in [0.25, 0.3) is 4.72 Å². The van der Waals surface area contributed by atoms with E-state index < -0.39 is 16.2 Å². The van der Waals surface area contributed by atoms with Crippen LogP contribution in [0.3, 0.4) is 0 Å². The summed E-state index contributed by atoms with van der Waals surface area (Å²) in [4.78, 5) is 11.1. The van der Waals surface area contributed by atoms with Crippen molar-refractivity contribution in [2.45, 2.75) is 26.7 Å². The first-order chi connectivity index (χ1) is 5.96. The zero-order valence-electron chi connectivity index (χ0n) is 8.40. The van der Waals surface area contributed by atoms with Crippen molar-refractivity contribution in [3.8, 4) is 0 Å². The van der Waals surface area contributed by atoms with Crippen molar-refractivity contribution in [1.29, 1.82) is 0 Å². The summed E-state index contributed by atoms with van der Waals surface area (Å²) in [5.74, 6) is -0.563. The zero-order chi connectivity index (χ0) is 10.1. The van der Waals surface area contributed by atoms with Crippen LogP contribution in [0, 0.1) is 0 Å². The number of rotatable bonds is 2. The third kappa shape index (κ3) is 3.27. The molecule has 1 aliphatic heterocycles. The summed E-state index contributed by atoms with van der Waals surface area (Å²) in [6, 6.07) is 0. The fraction of sp³-hybridized carbons (Fsp3) is 0.571. The number of allylic oxidation sites excluding steroid dienone is 1. The van der Waals surface area contributed by atoms with Crippen LogP contribution in [-0.4, -0.2) is 14.3 Å². The van der Waals surface area contributed by atoms with Crippen LogP contribution in [0.4, 0.5) is 0 Å². The van der Waals surface area contributed by atoms with Crippen LogP contribution >= 0.6 is 0 Å². The van der Waals surface area contributed by atoms with E-state index in [4.69, 9.17) is 0 Å². The average Bonchev–Trinajstić information content (AvgIpc) is 1.94. The molecule has 74 valence electrons. The van der Waals surface area contributed by atoms with Crippen molar-refractivity contribution in [2.75, 3.05) is 0 Å². The predicted octanol–water partition coefficient (Wildman–Crippen LogP) is -1.76. The molecule has 0 unspecified atom stereocenters. The molecule has 5 nitrogen and oxygen atoms in total. The second-order valence-corrected chi connectivity index (χ2v) is 3.90. The Morgan fingerprint density at radius 1 is 1.43 bits per heavy atom. The maximum Gasteiger partial charge on any atom is 1.00 e. The molecule has 0 bridgehead atoms. The van der Waals surface area contributed by atoms with Gasteiger partial charge in [0.2, 0.25) is 0 Å². The summed E-state index contributed by atoms with van der Waals surface area (Å²) in [7, 11) is -4.01. The van der Waals surface area contributed by atoms with Gasteiger partial charge < -0.3 is 13.7 Å². The van der Waals surface area contributed by atoms with Crippen molar-refractivity contribution < 1.29 is 47.0 Å². The van der Waals surface area contributed by atoms with Gasteiger partial charge in [-0.25, -0.2) is 8.42 Å². The van der Waals surface area contributed by atoms with Crippen LogP contribution in [0.15, 0.2) is 11.3 Å². The minimum Gasteiger partial charge on any atom is -0.508 e. The summed E-state index contributed by atoms with van der Waals surface area (Å²) in [6.07, 6.45) is 1.24. The average molecular weight is 227 g/mol. The number of carbonyl (C=O) groups excluding carboxylic acids is 1. The normalized spacial score (nSPS) is 19.4. The molecule has 1 amide bonds. The Hall–Kier alpha value is -0.0400. The molecule has 0 N–H and O–H groups in total. The molecule has 0 saturated carbocycles. The number of nitrogens with zero attached hydrogens (tertiary/aromatic N) is 1. The maximum atomic E-state index is 11.1. The second-order valence-electron chi connectivity index (χ2n) is 2.69. The summed E-state index contributed by atoms with van der Waals surface area (Å²) >= 11 is 0. The van der Waals surface area contributed by atoms with Gasteiger partial charge in [0.05, 0.1) is 5.91 Å². The van der Waals surface area contributed by atoms with Crippen LogP contribution in [0.2, 0.25) is 0 Å². The molecule has 0 aromatic heterocycles. The van der Waals surface area contributed by atoms with Gasteiger partial charge in [-0.15, -0.1) is 0 Å². The van der Waals surface area contributed by atoms with E-state index in [1.807, 2.05) is 6.92 Å². The van der Waals surface area contributed by atoms with Crippen molar-refractivity contribution in [2.24, 2.45) is 0 Å². The summed E-state index contributed by atoms with van der Waals surface area (Å²) in [5, 5.41) is 0. The van der Waals surface area contributed by atoms with Gasteiger partial charge in [-0.3, -0.25) is 0 Å². The van der Waals surface area contributed by atoms with E-state index in [9.17, 15) is 13.2 Å². The molecular weight excluding hydrogens is 217 g/mol. The van der Waals surface area contributed by atoms with Crippen molar-refractivity contribution in [3.63, 3.8) is 0 Å². The van der Waals surface area contributed by atoms with Crippen LogP contribution < -0.4 is 29.6 Å². The third-order valence-electron chi connectivity index (χ3n) is 1.61. The van der Waals surface area contributed by atoms with Gasteiger partial charge in [-0.1, -0.05) is 13.3 Å². The van der Waals surface area contributed by atoms with Crippen LogP contribution in [0.1, 0.15) is 26.7 Å². The fourth-order valence-corrected chi connectivity index (χ4v) is 1.83. The van der Waals surface area contributed by atoms with E-state index >= 15 is 0 Å². The van der Waals surface area contributed by atoms with E-state index in [1.165, 1.54) is 6.92 Å². The van der Waals surface area contributed by atoms with Gasteiger partial charge in [-0.2, -0.15) is 0 Å². The molecule has 0 aromatic carbocycles. The molecule has 0 spiro atoms. The Labute approximate surface area is 105 Å². The Morgan fingerprint density at radius 3 is 2.43 bits per heavy atom. The summed E-state index contributed by atoms with van der Waals surface area (Å²) in [5.41, 5.74) is 0.345. The van der Waals surface area contributed by atoms with Crippen molar-refractivity contribution >= 4 is 16.2 Å². The minimum atomic E-state index is -4.01. The van der Waals surface area contributed by atoms with Crippen LogP contribution in [-0.2, 0) is 19.3 Å². The first-order valence-electron chi connectivity index (χ1n) is 3.88. The standard InChI is InChI=1S/C7H11NO4S.Na/c1-3-4-6-5(2)12-13(10,11)8-7(6)9;/h3-4H2,1-2H3,(H,8,9);/q;+1/p-1. The van der Waals surface area contributed by atoms with E-state index in [0.29, 0.717) is 12.0 Å². The molecule has 1 rings (SSSR count). The molecular formula is C7H10NNaO4S. The second kappa shape index (κ2) is 5.16. The monoisotopic (exact) mass is 227 g/mol. The maximum absolute atomic E-state index is 11.1. The van der Waals surface area contributed by atoms with Crippen molar-refractivity contribution in [1.82, 2.24) is 0 Å². The number of carbonyl (C=O) groups is 1. The first-order valence-corrected chi connectivity index (χ1v) is 5.24. The molecule has 0 radical (unpaired) electrons. The van der Waals surface area contributed by atoms with Crippen molar-refractivity contribution in [3.05, 3.63) is 16.1 Å². The Kier molecular flexibility index (Phi) is 5.14. The zero-order valence-corrected chi connectivity index (χ0v) is 11.2. The number of hydrogen-bond donors (Lipinski definition) is 0. The van der Waals surface area contributed by atoms with Crippen LogP contribution in [0.5, 0.6) is 0 Å². The van der Waals surface area contributed by atoms with E-state index in [1.54, 1.807) is 0 Å². The Balaban J connectivity index is 0.00000169. The SMILES string of the molecule is CCCC1=C(C)OS(=O)(=O)[N-]C1=O.[Na+]. The molecule has 0 atom stereocenters. The number of amides is 1. The van der Waals surface area contributed by atoms with E-state index in [0.717, 1.165) is 6.42 Å². The third-order valence-corrected chi connectivity index (χ3v) is 2.46. The summed E-state index contributed by atoms with van der Waals surface area (Å²) < 4.78 is 28.9. The van der Waals surface area contributed by atoms with E-state index in [2.05, 4.69) is 8.91 Å². The molecule has 0 aliphatic carbocycles. The smallest absolute Gasteiger partial charge is 0.508 e. The number of hydrogen-bond acceptors (Lipinski definition) is 4. The largest absolute Gasteiger partial charge is 1.00 e. The molecule has 1 heterocycles. The first kappa shape index (κ1) is 14.0. The molecule has 14 heavy (non-hydrogen) atoms. The topological polar surface area (TPSA) is 74.5 Å². The Morgan fingerprint density at radius 2 is 2.00 bits per heavy atom. The molecule has 0 aromatic rings. The molecule has 7 heteroatoms. The van der Waals surface area contributed by atoms with Gasteiger partial charge >= 0.3 is 29.6 Å². The van der Waals surface area contributed by atoms with Gasteiger partial charge in [0.1, 0.15) is 5.76 Å². The van der Waals surface area contributed by atoms with Gasteiger partial charge in [-0.05, 0) is 13.3 Å². The molecule has 1 aliphatic rings.